The second-order valence-corrected chi connectivity index (χ2v) is 5.37. The summed E-state index contributed by atoms with van der Waals surface area (Å²) in [7, 11) is 2.20. The Morgan fingerprint density at radius 1 is 1.32 bits per heavy atom. The summed E-state index contributed by atoms with van der Waals surface area (Å²) >= 11 is 0. The van der Waals surface area contributed by atoms with Gasteiger partial charge in [0, 0.05) is 31.9 Å². The molecule has 19 heavy (non-hydrogen) atoms. The molecule has 1 N–H and O–H groups in total. The van der Waals surface area contributed by atoms with E-state index in [2.05, 4.69) is 53.1 Å². The second-order valence-electron chi connectivity index (χ2n) is 5.37. The number of pyridine rings is 1. The lowest BCUT2D eigenvalue weighted by molar-refractivity contribution is 0.360. The molecule has 0 saturated carbocycles. The molecule has 0 aromatic carbocycles. The van der Waals surface area contributed by atoms with Gasteiger partial charge < -0.3 is 15.1 Å². The number of rotatable bonds is 4. The molecule has 0 amide bonds. The molecule has 0 aliphatic carbocycles. The minimum Gasteiger partial charge on any atom is -0.355 e. The molecule has 2 heterocycles. The third-order valence-electron chi connectivity index (χ3n) is 3.82. The molecule has 1 aromatic rings. The highest BCUT2D eigenvalue weighted by atomic mass is 15.2. The summed E-state index contributed by atoms with van der Waals surface area (Å²) < 4.78 is 0. The fourth-order valence-corrected chi connectivity index (χ4v) is 2.58. The molecule has 0 spiro atoms. The van der Waals surface area contributed by atoms with Gasteiger partial charge in [0.05, 0.1) is 0 Å². The zero-order valence-electron chi connectivity index (χ0n) is 12.4. The number of hydrogen-bond donors (Lipinski definition) is 1. The maximum atomic E-state index is 4.55. The zero-order chi connectivity index (χ0) is 13.7. The van der Waals surface area contributed by atoms with Crippen molar-refractivity contribution in [2.24, 2.45) is 0 Å². The Morgan fingerprint density at radius 3 is 2.95 bits per heavy atom. The van der Waals surface area contributed by atoms with Crippen LogP contribution >= 0.6 is 0 Å². The van der Waals surface area contributed by atoms with Crippen LogP contribution in [0.3, 0.4) is 0 Å². The van der Waals surface area contributed by atoms with E-state index in [-0.39, 0.29) is 0 Å². The lowest BCUT2D eigenvalue weighted by Gasteiger charge is -2.23. The van der Waals surface area contributed by atoms with Crippen LogP contribution in [0, 0.1) is 0 Å². The summed E-state index contributed by atoms with van der Waals surface area (Å²) in [6.45, 7) is 9.83. The van der Waals surface area contributed by atoms with Crippen LogP contribution in [0.25, 0.3) is 0 Å². The van der Waals surface area contributed by atoms with Gasteiger partial charge in [-0.1, -0.05) is 6.92 Å². The fraction of sp³-hybridized carbons (Fsp3) is 0.667. The molecule has 0 radical (unpaired) electrons. The fourth-order valence-electron chi connectivity index (χ4n) is 2.58. The van der Waals surface area contributed by atoms with E-state index in [1.54, 1.807) is 0 Å². The predicted octanol–water partition coefficient (Wildman–Crippen LogP) is 1.89. The van der Waals surface area contributed by atoms with Crippen LogP contribution in [-0.2, 0) is 0 Å². The SMILES string of the molecule is CCNC(C)c1ccnc(N2CCCN(C)CC2)c1. The first-order valence-corrected chi connectivity index (χ1v) is 7.33. The highest BCUT2D eigenvalue weighted by Crippen LogP contribution is 2.19. The predicted molar refractivity (Wildman–Crippen MR) is 80.7 cm³/mol. The van der Waals surface area contributed by atoms with Crippen molar-refractivity contribution in [3.63, 3.8) is 0 Å². The molecule has 1 saturated heterocycles. The lowest BCUT2D eigenvalue weighted by Crippen LogP contribution is -2.29. The minimum atomic E-state index is 0.390. The Balaban J connectivity index is 2.09. The Bertz CT molecular complexity index is 393. The Morgan fingerprint density at radius 2 is 2.16 bits per heavy atom. The minimum absolute atomic E-state index is 0.390. The molecule has 4 heteroatoms. The van der Waals surface area contributed by atoms with Gasteiger partial charge in [-0.3, -0.25) is 0 Å². The van der Waals surface area contributed by atoms with E-state index in [0.29, 0.717) is 6.04 Å². The Kier molecular flexibility index (Phi) is 5.16. The van der Waals surface area contributed by atoms with Crippen LogP contribution < -0.4 is 10.2 Å². The number of hydrogen-bond acceptors (Lipinski definition) is 4. The number of nitrogens with one attached hydrogen (secondary N) is 1. The molecular formula is C15H26N4. The van der Waals surface area contributed by atoms with Gasteiger partial charge in [-0.05, 0) is 51.2 Å². The average molecular weight is 262 g/mol. The van der Waals surface area contributed by atoms with Gasteiger partial charge in [0.25, 0.3) is 0 Å². The Hall–Kier alpha value is -1.13. The number of anilines is 1. The highest BCUT2D eigenvalue weighted by Gasteiger charge is 2.14. The highest BCUT2D eigenvalue weighted by molar-refractivity contribution is 5.42. The summed E-state index contributed by atoms with van der Waals surface area (Å²) in [4.78, 5) is 9.35. The summed E-state index contributed by atoms with van der Waals surface area (Å²) in [5.74, 6) is 1.12. The van der Waals surface area contributed by atoms with E-state index in [1.165, 1.54) is 18.5 Å². The first-order valence-electron chi connectivity index (χ1n) is 7.33. The average Bonchev–Trinajstić information content (AvgIpc) is 2.64. The van der Waals surface area contributed by atoms with Crippen molar-refractivity contribution in [3.05, 3.63) is 23.9 Å². The van der Waals surface area contributed by atoms with Crippen molar-refractivity contribution in [3.8, 4) is 0 Å². The third-order valence-corrected chi connectivity index (χ3v) is 3.82. The molecule has 1 unspecified atom stereocenters. The first-order chi connectivity index (χ1) is 9.20. The third kappa shape index (κ3) is 3.91. The van der Waals surface area contributed by atoms with E-state index in [1.807, 2.05) is 6.20 Å². The van der Waals surface area contributed by atoms with Gasteiger partial charge in [-0.25, -0.2) is 4.98 Å². The van der Waals surface area contributed by atoms with E-state index in [0.717, 1.165) is 32.0 Å². The first kappa shape index (κ1) is 14.3. The van der Waals surface area contributed by atoms with Gasteiger partial charge in [-0.2, -0.15) is 0 Å². The maximum absolute atomic E-state index is 4.55. The van der Waals surface area contributed by atoms with Gasteiger partial charge in [0.2, 0.25) is 0 Å². The van der Waals surface area contributed by atoms with Crippen LogP contribution in [0.1, 0.15) is 31.9 Å². The van der Waals surface area contributed by atoms with Crippen molar-refractivity contribution in [1.29, 1.82) is 0 Å². The van der Waals surface area contributed by atoms with Crippen LogP contribution in [0.15, 0.2) is 18.3 Å². The van der Waals surface area contributed by atoms with E-state index < -0.39 is 0 Å². The smallest absolute Gasteiger partial charge is 0.128 e. The van der Waals surface area contributed by atoms with Crippen molar-refractivity contribution in [2.75, 3.05) is 44.7 Å². The van der Waals surface area contributed by atoms with Crippen molar-refractivity contribution < 1.29 is 0 Å². The molecule has 2 rings (SSSR count). The van der Waals surface area contributed by atoms with Gasteiger partial charge >= 0.3 is 0 Å². The number of likely N-dealkylation sites (N-methyl/N-ethyl adjacent to an activating group) is 1. The van der Waals surface area contributed by atoms with E-state index in [9.17, 15) is 0 Å². The molecule has 1 aliphatic rings. The topological polar surface area (TPSA) is 31.4 Å². The quantitative estimate of drug-likeness (QED) is 0.898. The molecule has 1 aliphatic heterocycles. The molecule has 1 fully saturated rings. The van der Waals surface area contributed by atoms with Crippen LogP contribution in [0.5, 0.6) is 0 Å². The van der Waals surface area contributed by atoms with Crippen molar-refractivity contribution in [2.45, 2.75) is 26.3 Å². The van der Waals surface area contributed by atoms with Crippen molar-refractivity contribution in [1.82, 2.24) is 15.2 Å². The summed E-state index contributed by atoms with van der Waals surface area (Å²) in [6, 6.07) is 4.74. The maximum Gasteiger partial charge on any atom is 0.128 e. The van der Waals surface area contributed by atoms with Gasteiger partial charge in [-0.15, -0.1) is 0 Å². The van der Waals surface area contributed by atoms with Crippen molar-refractivity contribution >= 4 is 5.82 Å². The largest absolute Gasteiger partial charge is 0.355 e. The molecule has 106 valence electrons. The molecule has 1 aromatic heterocycles. The molecule has 0 bridgehead atoms. The summed E-state index contributed by atoms with van der Waals surface area (Å²) in [5.41, 5.74) is 1.32. The monoisotopic (exact) mass is 262 g/mol. The van der Waals surface area contributed by atoms with Gasteiger partial charge in [0.1, 0.15) is 5.82 Å². The van der Waals surface area contributed by atoms with E-state index in [4.69, 9.17) is 0 Å². The van der Waals surface area contributed by atoms with E-state index >= 15 is 0 Å². The Labute approximate surface area is 116 Å². The second kappa shape index (κ2) is 6.87. The van der Waals surface area contributed by atoms with Crippen LogP contribution in [-0.4, -0.2) is 49.7 Å². The number of aromatic nitrogens is 1. The zero-order valence-corrected chi connectivity index (χ0v) is 12.4. The summed E-state index contributed by atoms with van der Waals surface area (Å²) in [6.07, 6.45) is 3.15. The standard InChI is InChI=1S/C15H26N4/c1-4-16-13(2)14-6-7-17-15(12-14)19-9-5-8-18(3)10-11-19/h6-7,12-13,16H,4-5,8-11H2,1-3H3. The summed E-state index contributed by atoms with van der Waals surface area (Å²) in [5, 5.41) is 3.46. The molecule has 4 nitrogen and oxygen atoms in total. The number of nitrogens with zero attached hydrogens (tertiary/aromatic N) is 3. The van der Waals surface area contributed by atoms with Crippen LogP contribution in [0.2, 0.25) is 0 Å². The normalized spacial score (nSPS) is 19.2. The van der Waals surface area contributed by atoms with Crippen LogP contribution in [0.4, 0.5) is 5.82 Å². The lowest BCUT2D eigenvalue weighted by atomic mass is 10.1. The molecule has 1 atom stereocenters. The van der Waals surface area contributed by atoms with Gasteiger partial charge in [0.15, 0.2) is 0 Å². The molecular weight excluding hydrogens is 236 g/mol.